The summed E-state index contributed by atoms with van der Waals surface area (Å²) >= 11 is 0. The molecule has 0 aliphatic carbocycles. The first-order chi connectivity index (χ1) is 10.7. The number of piperidine rings is 1. The van der Waals surface area contributed by atoms with Gasteiger partial charge < -0.3 is 15.5 Å². The van der Waals surface area contributed by atoms with Crippen LogP contribution >= 0.6 is 0 Å². The molecule has 1 aromatic carbocycles. The number of anilines is 2. The third-order valence-electron chi connectivity index (χ3n) is 5.05. The maximum absolute atomic E-state index is 12.4. The van der Waals surface area contributed by atoms with Crippen molar-refractivity contribution in [1.82, 2.24) is 10.6 Å². The zero-order chi connectivity index (χ0) is 15.2. The first-order valence-electron chi connectivity index (χ1n) is 7.87. The summed E-state index contributed by atoms with van der Waals surface area (Å²) in [4.78, 5) is 26.2. The van der Waals surface area contributed by atoms with Crippen molar-refractivity contribution in [1.29, 1.82) is 0 Å². The minimum Gasteiger partial charge on any atom is -0.383 e. The first-order valence-corrected chi connectivity index (χ1v) is 7.87. The largest absolute Gasteiger partial charge is 0.383 e. The highest BCUT2D eigenvalue weighted by Crippen LogP contribution is 2.43. The van der Waals surface area contributed by atoms with E-state index in [4.69, 9.17) is 0 Å². The van der Waals surface area contributed by atoms with E-state index < -0.39 is 5.41 Å². The number of nitrogens with zero attached hydrogens (tertiary/aromatic N) is 1. The van der Waals surface area contributed by atoms with Crippen molar-refractivity contribution in [2.45, 2.75) is 18.3 Å². The summed E-state index contributed by atoms with van der Waals surface area (Å²) in [5, 5.41) is 9.22. The van der Waals surface area contributed by atoms with Crippen LogP contribution in [0.25, 0.3) is 0 Å². The van der Waals surface area contributed by atoms with E-state index in [1.165, 1.54) is 5.69 Å². The molecular weight excluding hydrogens is 280 g/mol. The SMILES string of the molecule is O=C1CCC2(CNc3cc(N4CCNCC4)ccc32)C(=O)N1. The molecule has 6 heteroatoms. The lowest BCUT2D eigenvalue weighted by molar-refractivity contribution is -0.137. The molecule has 2 amide bonds. The molecule has 0 bridgehead atoms. The summed E-state index contributed by atoms with van der Waals surface area (Å²) in [6, 6.07) is 6.30. The fourth-order valence-corrected chi connectivity index (χ4v) is 3.73. The highest BCUT2D eigenvalue weighted by molar-refractivity contribution is 6.05. The molecule has 1 aromatic rings. The van der Waals surface area contributed by atoms with E-state index in [9.17, 15) is 9.59 Å². The molecule has 0 aromatic heterocycles. The number of piperazine rings is 1. The summed E-state index contributed by atoms with van der Waals surface area (Å²) < 4.78 is 0. The number of rotatable bonds is 1. The smallest absolute Gasteiger partial charge is 0.239 e. The Bertz CT molecular complexity index is 639. The Morgan fingerprint density at radius 1 is 1.14 bits per heavy atom. The van der Waals surface area contributed by atoms with Gasteiger partial charge in [-0.3, -0.25) is 14.9 Å². The highest BCUT2D eigenvalue weighted by Gasteiger charge is 2.48. The number of hydrogen-bond acceptors (Lipinski definition) is 5. The van der Waals surface area contributed by atoms with Crippen LogP contribution in [0.15, 0.2) is 18.2 Å². The van der Waals surface area contributed by atoms with Crippen LogP contribution in [0.3, 0.4) is 0 Å². The second-order valence-electron chi connectivity index (χ2n) is 6.28. The molecule has 3 aliphatic rings. The van der Waals surface area contributed by atoms with Crippen molar-refractivity contribution in [2.24, 2.45) is 0 Å². The molecule has 6 nitrogen and oxygen atoms in total. The molecule has 22 heavy (non-hydrogen) atoms. The summed E-state index contributed by atoms with van der Waals surface area (Å²) in [5.74, 6) is -0.327. The van der Waals surface area contributed by atoms with Gasteiger partial charge in [-0.2, -0.15) is 0 Å². The van der Waals surface area contributed by atoms with Crippen molar-refractivity contribution in [3.63, 3.8) is 0 Å². The number of fused-ring (bicyclic) bond motifs is 2. The maximum atomic E-state index is 12.4. The molecule has 2 fully saturated rings. The quantitative estimate of drug-likeness (QED) is 0.646. The van der Waals surface area contributed by atoms with Crippen molar-refractivity contribution >= 4 is 23.2 Å². The molecule has 3 aliphatic heterocycles. The van der Waals surface area contributed by atoms with Gasteiger partial charge in [0.1, 0.15) is 0 Å². The molecule has 116 valence electrons. The van der Waals surface area contributed by atoms with Crippen LogP contribution in [0.5, 0.6) is 0 Å². The van der Waals surface area contributed by atoms with Gasteiger partial charge in [0.2, 0.25) is 11.8 Å². The summed E-state index contributed by atoms with van der Waals surface area (Å²) in [5.41, 5.74) is 2.67. The average molecular weight is 300 g/mol. The van der Waals surface area contributed by atoms with Gasteiger partial charge in [0.15, 0.2) is 0 Å². The lowest BCUT2D eigenvalue weighted by Crippen LogP contribution is -2.52. The van der Waals surface area contributed by atoms with Gasteiger partial charge in [0.25, 0.3) is 0 Å². The lowest BCUT2D eigenvalue weighted by Gasteiger charge is -2.32. The predicted molar refractivity (Wildman–Crippen MR) is 84.1 cm³/mol. The Kier molecular flexibility index (Phi) is 3.07. The molecule has 1 spiro atoms. The molecular formula is C16H20N4O2. The molecule has 0 radical (unpaired) electrons. The fraction of sp³-hybridized carbons (Fsp3) is 0.500. The fourth-order valence-electron chi connectivity index (χ4n) is 3.73. The Labute approximate surface area is 129 Å². The summed E-state index contributed by atoms with van der Waals surface area (Å²) in [6.45, 7) is 4.57. The van der Waals surface area contributed by atoms with Gasteiger partial charge in [-0.25, -0.2) is 0 Å². The number of carbonyl (C=O) groups is 2. The monoisotopic (exact) mass is 300 g/mol. The van der Waals surface area contributed by atoms with E-state index in [1.54, 1.807) is 0 Å². The van der Waals surface area contributed by atoms with E-state index >= 15 is 0 Å². The van der Waals surface area contributed by atoms with Gasteiger partial charge >= 0.3 is 0 Å². The lowest BCUT2D eigenvalue weighted by atomic mass is 9.75. The first kappa shape index (κ1) is 13.6. The number of amides is 2. The summed E-state index contributed by atoms with van der Waals surface area (Å²) in [7, 11) is 0. The van der Waals surface area contributed by atoms with E-state index in [0.717, 1.165) is 37.4 Å². The number of carbonyl (C=O) groups excluding carboxylic acids is 2. The minimum absolute atomic E-state index is 0.162. The standard InChI is InChI=1S/C16H20N4O2/c21-14-3-4-16(15(22)19-14)10-18-13-9-11(1-2-12(13)16)20-7-5-17-6-8-20/h1-2,9,17-18H,3-8,10H2,(H,19,21,22). The third kappa shape index (κ3) is 1.98. The number of imide groups is 1. The maximum Gasteiger partial charge on any atom is 0.239 e. The number of hydrogen-bond donors (Lipinski definition) is 3. The zero-order valence-electron chi connectivity index (χ0n) is 12.4. The second-order valence-corrected chi connectivity index (χ2v) is 6.28. The highest BCUT2D eigenvalue weighted by atomic mass is 16.2. The Morgan fingerprint density at radius 2 is 1.95 bits per heavy atom. The van der Waals surface area contributed by atoms with Crippen molar-refractivity contribution in [3.8, 4) is 0 Å². The van der Waals surface area contributed by atoms with Crippen LogP contribution in [0, 0.1) is 0 Å². The molecule has 4 rings (SSSR count). The molecule has 2 saturated heterocycles. The van der Waals surface area contributed by atoms with E-state index in [1.807, 2.05) is 0 Å². The van der Waals surface area contributed by atoms with Gasteiger partial charge in [0, 0.05) is 50.5 Å². The van der Waals surface area contributed by atoms with Crippen LogP contribution in [-0.4, -0.2) is 44.5 Å². The van der Waals surface area contributed by atoms with E-state index in [0.29, 0.717) is 19.4 Å². The third-order valence-corrected chi connectivity index (χ3v) is 5.05. The normalized spacial score (nSPS) is 27.5. The van der Waals surface area contributed by atoms with Crippen LogP contribution < -0.4 is 20.9 Å². The van der Waals surface area contributed by atoms with Gasteiger partial charge in [0.05, 0.1) is 5.41 Å². The van der Waals surface area contributed by atoms with Crippen molar-refractivity contribution < 1.29 is 9.59 Å². The van der Waals surface area contributed by atoms with Gasteiger partial charge in [-0.15, -0.1) is 0 Å². The topological polar surface area (TPSA) is 73.5 Å². The van der Waals surface area contributed by atoms with Gasteiger partial charge in [-0.1, -0.05) is 6.07 Å². The van der Waals surface area contributed by atoms with E-state index in [2.05, 4.69) is 39.0 Å². The molecule has 3 heterocycles. The Morgan fingerprint density at radius 3 is 2.73 bits per heavy atom. The molecule has 3 N–H and O–H groups in total. The Hall–Kier alpha value is -2.08. The van der Waals surface area contributed by atoms with Crippen molar-refractivity contribution in [2.75, 3.05) is 42.9 Å². The average Bonchev–Trinajstić information content (AvgIpc) is 2.91. The van der Waals surface area contributed by atoms with Crippen LogP contribution in [0.1, 0.15) is 18.4 Å². The van der Waals surface area contributed by atoms with Crippen molar-refractivity contribution in [3.05, 3.63) is 23.8 Å². The van der Waals surface area contributed by atoms with Crippen LogP contribution in [0.2, 0.25) is 0 Å². The summed E-state index contributed by atoms with van der Waals surface area (Å²) in [6.07, 6.45) is 0.997. The minimum atomic E-state index is -0.578. The Balaban J connectivity index is 1.66. The molecule has 1 atom stereocenters. The molecule has 0 saturated carbocycles. The zero-order valence-corrected chi connectivity index (χ0v) is 12.4. The van der Waals surface area contributed by atoms with Crippen LogP contribution in [0.4, 0.5) is 11.4 Å². The van der Waals surface area contributed by atoms with Crippen LogP contribution in [-0.2, 0) is 15.0 Å². The van der Waals surface area contributed by atoms with Gasteiger partial charge in [-0.05, 0) is 24.1 Å². The molecule has 1 unspecified atom stereocenters. The predicted octanol–water partition coefficient (Wildman–Crippen LogP) is 0.196. The number of nitrogens with one attached hydrogen (secondary N) is 3. The number of benzene rings is 1. The van der Waals surface area contributed by atoms with E-state index in [-0.39, 0.29) is 11.8 Å². The second kappa shape index (κ2) is 4.98.